The van der Waals surface area contributed by atoms with Gasteiger partial charge in [0.25, 0.3) is 0 Å². The molecule has 0 saturated carbocycles. The van der Waals surface area contributed by atoms with Crippen LogP contribution in [-0.4, -0.2) is 96.7 Å². The van der Waals surface area contributed by atoms with Crippen LogP contribution in [-0.2, 0) is 65.4 Å². The van der Waals surface area contributed by atoms with Crippen molar-refractivity contribution in [3.63, 3.8) is 0 Å². The Labute approximate surface area is 615 Å². The van der Waals surface area contributed by atoms with Gasteiger partial charge in [-0.25, -0.2) is 9.13 Å². The number of aliphatic hydroxyl groups excluding tert-OH is 1. The van der Waals surface area contributed by atoms with E-state index in [0.717, 1.165) is 180 Å². The van der Waals surface area contributed by atoms with Crippen LogP contribution < -0.4 is 0 Å². The number of carbonyl (C=O) groups excluding carboxylic acids is 4. The Morgan fingerprint density at radius 2 is 0.520 bits per heavy atom. The van der Waals surface area contributed by atoms with Gasteiger partial charge in [0, 0.05) is 19.3 Å². The molecule has 0 spiro atoms. The summed E-state index contributed by atoms with van der Waals surface area (Å²) in [5.41, 5.74) is 0. The zero-order valence-corrected chi connectivity index (χ0v) is 64.5. The minimum Gasteiger partial charge on any atom is -0.462 e. The van der Waals surface area contributed by atoms with Crippen molar-refractivity contribution in [3.05, 3.63) is 182 Å². The van der Waals surface area contributed by atoms with Crippen molar-refractivity contribution < 1.29 is 80.2 Å². The van der Waals surface area contributed by atoms with Gasteiger partial charge in [-0.1, -0.05) is 261 Å². The highest BCUT2D eigenvalue weighted by Crippen LogP contribution is 2.45. The lowest BCUT2D eigenvalue weighted by molar-refractivity contribution is -0.161. The largest absolute Gasteiger partial charge is 0.472 e. The van der Waals surface area contributed by atoms with Crippen LogP contribution in [0.5, 0.6) is 0 Å². The average Bonchev–Trinajstić information content (AvgIpc) is 0.926. The number of carbonyl (C=O) groups is 4. The van der Waals surface area contributed by atoms with E-state index >= 15 is 0 Å². The van der Waals surface area contributed by atoms with Crippen LogP contribution in [0.3, 0.4) is 0 Å². The van der Waals surface area contributed by atoms with Gasteiger partial charge in [0.05, 0.1) is 32.8 Å². The second-order valence-electron chi connectivity index (χ2n) is 24.4. The third-order valence-electron chi connectivity index (χ3n) is 14.9. The van der Waals surface area contributed by atoms with Crippen LogP contribution in [0.1, 0.15) is 259 Å². The Balaban J connectivity index is 5.50. The lowest BCUT2D eigenvalue weighted by Gasteiger charge is -2.21. The number of unbranched alkanes of at least 4 members (excludes halogenated alkanes) is 14. The topological polar surface area (TPSA) is 237 Å². The first-order valence-electron chi connectivity index (χ1n) is 38.0. The minimum absolute atomic E-state index is 0.0483. The van der Waals surface area contributed by atoms with E-state index in [0.29, 0.717) is 25.7 Å². The second-order valence-corrected chi connectivity index (χ2v) is 27.3. The van der Waals surface area contributed by atoms with Crippen molar-refractivity contribution in [1.29, 1.82) is 0 Å². The van der Waals surface area contributed by atoms with Crippen molar-refractivity contribution in [2.75, 3.05) is 39.6 Å². The molecule has 0 aliphatic rings. The molecule has 0 amide bonds. The van der Waals surface area contributed by atoms with Crippen molar-refractivity contribution in [3.8, 4) is 0 Å². The van der Waals surface area contributed by atoms with Crippen molar-refractivity contribution >= 4 is 39.5 Å². The highest BCUT2D eigenvalue weighted by atomic mass is 31.2. The lowest BCUT2D eigenvalue weighted by atomic mass is 10.1. The number of esters is 4. The molecule has 0 aromatic carbocycles. The Morgan fingerprint density at radius 1 is 0.284 bits per heavy atom. The lowest BCUT2D eigenvalue weighted by Crippen LogP contribution is -2.30. The van der Waals surface area contributed by atoms with Crippen molar-refractivity contribution in [2.24, 2.45) is 0 Å². The third kappa shape index (κ3) is 72.5. The highest BCUT2D eigenvalue weighted by Gasteiger charge is 2.30. The number of aliphatic hydroxyl groups is 1. The summed E-state index contributed by atoms with van der Waals surface area (Å²) in [6.45, 7) is 4.20. The van der Waals surface area contributed by atoms with E-state index in [-0.39, 0.29) is 25.7 Å². The Kier molecular flexibility index (Phi) is 69.3. The van der Waals surface area contributed by atoms with Crippen LogP contribution in [0.2, 0.25) is 0 Å². The number of phosphoric ester groups is 2. The number of ether oxygens (including phenoxy) is 4. The van der Waals surface area contributed by atoms with Gasteiger partial charge in [-0.15, -0.1) is 0 Å². The molecule has 102 heavy (non-hydrogen) atoms. The molecule has 5 unspecified atom stereocenters. The zero-order chi connectivity index (χ0) is 74.6. The van der Waals surface area contributed by atoms with Gasteiger partial charge in [-0.05, 0) is 154 Å². The first-order chi connectivity index (χ1) is 49.7. The van der Waals surface area contributed by atoms with Crippen LogP contribution in [0.15, 0.2) is 182 Å². The van der Waals surface area contributed by atoms with Gasteiger partial charge in [0.2, 0.25) is 0 Å². The van der Waals surface area contributed by atoms with Crippen molar-refractivity contribution in [1.82, 2.24) is 0 Å². The average molecular weight is 1460 g/mol. The standard InChI is InChI=1S/C83H132O17P2/c1-5-9-13-17-21-25-29-33-37-38-42-44-48-52-56-60-64-68-81(86)94-74-79(100-83(88)70-66-62-58-54-50-46-41-36-32-28-24-20-16-12-8-4)76-98-102(91,92)96-72-77(84)71-95-101(89,90)97-75-78(99-82(87)69-65-61-57-53-49-45-40-35-31-27-23-19-15-11-7-3)73-93-80(85)67-63-59-55-51-47-43-39-34-30-26-22-18-14-10-6-2/h9-16,21-28,33-37,39-42,44,47,51,59,63,77-79,84H,5-8,17-20,29-32,38,43,45-46,48-50,52-58,60-62,64-76H2,1-4H3,(H,89,90)(H,91,92)/b13-9-,14-10-,15-11-,16-12-,25-21-,26-22-,27-23-,28-24-,37-33-,39-34-,40-35-,41-36-,44-42-,51-47-,63-59-. The molecule has 3 N–H and O–H groups in total. The summed E-state index contributed by atoms with van der Waals surface area (Å²) in [6.07, 6.45) is 87.7. The summed E-state index contributed by atoms with van der Waals surface area (Å²) >= 11 is 0. The van der Waals surface area contributed by atoms with E-state index in [1.54, 1.807) is 6.08 Å². The quantitative estimate of drug-likeness (QED) is 0.0169. The molecule has 0 radical (unpaired) electrons. The van der Waals surface area contributed by atoms with Gasteiger partial charge in [0.1, 0.15) is 19.3 Å². The number of rotatable bonds is 69. The number of phosphoric acid groups is 2. The summed E-state index contributed by atoms with van der Waals surface area (Å²) in [7, 11) is -10.0. The van der Waals surface area contributed by atoms with Crippen LogP contribution in [0.4, 0.5) is 0 Å². The Bertz CT molecular complexity index is 2650. The predicted octanol–water partition coefficient (Wildman–Crippen LogP) is 22.0. The molecule has 0 aliphatic carbocycles. The first kappa shape index (κ1) is 96.2. The zero-order valence-electron chi connectivity index (χ0n) is 62.7. The van der Waals surface area contributed by atoms with E-state index in [9.17, 15) is 43.2 Å². The third-order valence-corrected chi connectivity index (χ3v) is 16.8. The molecular formula is C83H132O17P2. The molecule has 0 heterocycles. The number of hydrogen-bond donors (Lipinski definition) is 3. The van der Waals surface area contributed by atoms with Gasteiger partial charge in [-0.2, -0.15) is 0 Å². The van der Waals surface area contributed by atoms with Gasteiger partial charge < -0.3 is 33.8 Å². The number of hydrogen-bond acceptors (Lipinski definition) is 15. The van der Waals surface area contributed by atoms with E-state index < -0.39 is 97.5 Å². The predicted molar refractivity (Wildman–Crippen MR) is 417 cm³/mol. The molecule has 0 aromatic heterocycles. The smallest absolute Gasteiger partial charge is 0.462 e. The molecule has 0 aromatic rings. The molecule has 5 atom stereocenters. The van der Waals surface area contributed by atoms with Crippen molar-refractivity contribution in [2.45, 2.75) is 277 Å². The molecule has 17 nitrogen and oxygen atoms in total. The molecular weight excluding hydrogens is 1330 g/mol. The fourth-order valence-corrected chi connectivity index (χ4v) is 10.8. The molecule has 0 aliphatic heterocycles. The fourth-order valence-electron chi connectivity index (χ4n) is 9.25. The Morgan fingerprint density at radius 3 is 0.824 bits per heavy atom. The molecule has 0 bridgehead atoms. The molecule has 0 rings (SSSR count). The minimum atomic E-state index is -5.01. The second kappa shape index (κ2) is 73.5. The molecule has 0 fully saturated rings. The van der Waals surface area contributed by atoms with E-state index in [1.807, 2.05) is 18.2 Å². The van der Waals surface area contributed by atoms with Gasteiger partial charge >= 0.3 is 39.5 Å². The summed E-state index contributed by atoms with van der Waals surface area (Å²) in [4.78, 5) is 72.9. The summed E-state index contributed by atoms with van der Waals surface area (Å²) < 4.78 is 68.3. The normalized spacial score (nSPS) is 14.9. The molecule has 0 saturated heterocycles. The fraction of sp³-hybridized carbons (Fsp3) is 0.590. The van der Waals surface area contributed by atoms with E-state index in [2.05, 4.69) is 186 Å². The van der Waals surface area contributed by atoms with E-state index in [1.165, 1.54) is 0 Å². The summed E-state index contributed by atoms with van der Waals surface area (Å²) in [5, 5.41) is 10.6. The maximum absolute atomic E-state index is 13.1. The maximum Gasteiger partial charge on any atom is 0.472 e. The summed E-state index contributed by atoms with van der Waals surface area (Å²) in [5.74, 6) is -2.41. The monoisotopic (exact) mass is 1460 g/mol. The van der Waals surface area contributed by atoms with Crippen LogP contribution >= 0.6 is 15.6 Å². The molecule has 576 valence electrons. The SMILES string of the molecule is CC/C=C\C/C=C\C/C=C\C/C=C\C/C=C\CC(=O)OCC(COP(=O)(O)OCC(O)COP(=O)(O)OCC(COC(=O)CCCCCC/C=C\C/C=C\C/C=C\C/C=C\CC)OC(=O)CCCCCCC/C=C\C/C=C\C/C=C\CC)OC(=O)CCCCCCC/C=C\C/C=C\C/C=C\CC. The van der Waals surface area contributed by atoms with Crippen LogP contribution in [0.25, 0.3) is 0 Å². The summed E-state index contributed by atoms with van der Waals surface area (Å²) in [6, 6.07) is 0. The van der Waals surface area contributed by atoms with E-state index in [4.69, 9.17) is 37.0 Å². The van der Waals surface area contributed by atoms with Gasteiger partial charge in [0.15, 0.2) is 12.2 Å². The van der Waals surface area contributed by atoms with Gasteiger partial charge in [-0.3, -0.25) is 37.3 Å². The first-order valence-corrected chi connectivity index (χ1v) is 41.0. The van der Waals surface area contributed by atoms with Crippen LogP contribution in [0, 0.1) is 0 Å². The highest BCUT2D eigenvalue weighted by molar-refractivity contribution is 7.47. The Hall–Kier alpha value is -5.84. The molecule has 19 heteroatoms. The maximum atomic E-state index is 13.1. The number of allylic oxidation sites excluding steroid dienone is 29.